The van der Waals surface area contributed by atoms with E-state index >= 15 is 0 Å². The molecule has 2 aromatic carbocycles. The molecule has 138 valence electrons. The van der Waals surface area contributed by atoms with E-state index in [0.717, 1.165) is 0 Å². The first-order valence-corrected chi connectivity index (χ1v) is 7.93. The van der Waals surface area contributed by atoms with Crippen molar-refractivity contribution in [2.24, 2.45) is 0 Å². The molecule has 0 aromatic heterocycles. The van der Waals surface area contributed by atoms with Crippen LogP contribution in [0.15, 0.2) is 24.3 Å². The van der Waals surface area contributed by atoms with Crippen molar-refractivity contribution in [1.82, 2.24) is 0 Å². The zero-order chi connectivity index (χ0) is 19.4. The third-order valence-corrected chi connectivity index (χ3v) is 4.93. The summed E-state index contributed by atoms with van der Waals surface area (Å²) in [6.07, 6.45) is 0. The van der Waals surface area contributed by atoms with Crippen LogP contribution in [0.4, 0.5) is 22.0 Å². The van der Waals surface area contributed by atoms with Gasteiger partial charge >= 0.3 is 7.12 Å². The molecule has 1 aliphatic heterocycles. The fraction of sp³-hybridized carbons (Fsp3) is 0.333. The summed E-state index contributed by atoms with van der Waals surface area (Å²) in [7, 11) is -0.703. The summed E-state index contributed by atoms with van der Waals surface area (Å²) < 4.78 is 79.5. The Morgan fingerprint density at radius 2 is 1.04 bits per heavy atom. The Bertz CT molecular complexity index is 820. The molecule has 1 saturated heterocycles. The highest BCUT2D eigenvalue weighted by Crippen LogP contribution is 2.37. The molecule has 1 aliphatic rings. The Balaban J connectivity index is 1.98. The highest BCUT2D eigenvalue weighted by Gasteiger charge is 2.51. The first-order chi connectivity index (χ1) is 12.0. The molecule has 2 aromatic rings. The van der Waals surface area contributed by atoms with Crippen LogP contribution in [0.2, 0.25) is 0 Å². The van der Waals surface area contributed by atoms with Crippen LogP contribution in [0.5, 0.6) is 0 Å². The molecule has 8 heteroatoms. The fourth-order valence-electron chi connectivity index (χ4n) is 2.64. The van der Waals surface area contributed by atoms with Gasteiger partial charge in [0.25, 0.3) is 0 Å². The second-order valence-corrected chi connectivity index (χ2v) is 7.16. The van der Waals surface area contributed by atoms with Crippen molar-refractivity contribution in [3.63, 3.8) is 0 Å². The standard InChI is InChI=1S/C18H16BF5O2/c1-17(2)18(3,4)26-19(25-17)10-7-5-9(6-8-10)11-12(20)14(22)16(24)15(23)13(11)21/h5-8H,1-4H3. The van der Waals surface area contributed by atoms with E-state index in [1.54, 1.807) is 0 Å². The Kier molecular flexibility index (Phi) is 4.39. The van der Waals surface area contributed by atoms with Gasteiger partial charge in [0.15, 0.2) is 23.3 Å². The maximum absolute atomic E-state index is 13.9. The summed E-state index contributed by atoms with van der Waals surface area (Å²) in [5.74, 6) is -9.88. The van der Waals surface area contributed by atoms with Crippen molar-refractivity contribution in [2.45, 2.75) is 38.9 Å². The molecule has 26 heavy (non-hydrogen) atoms. The molecule has 0 N–H and O–H groups in total. The van der Waals surface area contributed by atoms with Crippen LogP contribution in [0.1, 0.15) is 27.7 Å². The van der Waals surface area contributed by atoms with Gasteiger partial charge in [-0.25, -0.2) is 22.0 Å². The monoisotopic (exact) mass is 370 g/mol. The van der Waals surface area contributed by atoms with Crippen molar-refractivity contribution in [1.29, 1.82) is 0 Å². The molecular formula is C18H16BF5O2. The Labute approximate surface area is 148 Å². The molecule has 0 saturated carbocycles. The molecule has 0 unspecified atom stereocenters. The maximum atomic E-state index is 13.9. The van der Waals surface area contributed by atoms with Crippen molar-refractivity contribution in [3.05, 3.63) is 53.4 Å². The van der Waals surface area contributed by atoms with Crippen molar-refractivity contribution >= 4 is 12.6 Å². The lowest BCUT2D eigenvalue weighted by Crippen LogP contribution is -2.41. The van der Waals surface area contributed by atoms with Gasteiger partial charge in [0.05, 0.1) is 16.8 Å². The lowest BCUT2D eigenvalue weighted by molar-refractivity contribution is 0.00578. The van der Waals surface area contributed by atoms with E-state index in [9.17, 15) is 22.0 Å². The third-order valence-electron chi connectivity index (χ3n) is 4.93. The number of halogens is 5. The molecule has 3 rings (SSSR count). The van der Waals surface area contributed by atoms with E-state index in [0.29, 0.717) is 5.46 Å². The van der Waals surface area contributed by atoms with Gasteiger partial charge < -0.3 is 9.31 Å². The second kappa shape index (κ2) is 6.06. The number of benzene rings is 2. The van der Waals surface area contributed by atoms with Gasteiger partial charge in [-0.15, -0.1) is 0 Å². The Morgan fingerprint density at radius 1 is 0.654 bits per heavy atom. The summed E-state index contributed by atoms with van der Waals surface area (Å²) in [5, 5.41) is 0. The van der Waals surface area contributed by atoms with Crippen LogP contribution in [0, 0.1) is 29.1 Å². The minimum Gasteiger partial charge on any atom is -0.399 e. The fourth-order valence-corrected chi connectivity index (χ4v) is 2.64. The smallest absolute Gasteiger partial charge is 0.399 e. The first-order valence-electron chi connectivity index (χ1n) is 7.93. The lowest BCUT2D eigenvalue weighted by Gasteiger charge is -2.32. The van der Waals surface area contributed by atoms with Crippen molar-refractivity contribution in [2.75, 3.05) is 0 Å². The average molecular weight is 370 g/mol. The number of hydrogen-bond donors (Lipinski definition) is 0. The number of rotatable bonds is 2. The van der Waals surface area contributed by atoms with Crippen LogP contribution < -0.4 is 5.46 Å². The predicted molar refractivity (Wildman–Crippen MR) is 87.4 cm³/mol. The van der Waals surface area contributed by atoms with E-state index in [1.807, 2.05) is 27.7 Å². The van der Waals surface area contributed by atoms with Crippen LogP contribution in [0.3, 0.4) is 0 Å². The summed E-state index contributed by atoms with van der Waals surface area (Å²) in [5.41, 5.74) is -1.69. The van der Waals surface area contributed by atoms with Gasteiger partial charge in [0, 0.05) is 0 Å². The minimum absolute atomic E-state index is 0.141. The maximum Gasteiger partial charge on any atom is 0.494 e. The van der Waals surface area contributed by atoms with Crippen molar-refractivity contribution < 1.29 is 31.3 Å². The van der Waals surface area contributed by atoms with Crippen molar-refractivity contribution in [3.8, 4) is 11.1 Å². The van der Waals surface area contributed by atoms with E-state index in [2.05, 4.69) is 0 Å². The molecule has 0 atom stereocenters. The van der Waals surface area contributed by atoms with Crippen LogP contribution >= 0.6 is 0 Å². The zero-order valence-electron chi connectivity index (χ0n) is 14.6. The van der Waals surface area contributed by atoms with Crippen LogP contribution in [-0.2, 0) is 9.31 Å². The molecule has 1 fully saturated rings. The average Bonchev–Trinajstić information content (AvgIpc) is 2.80. The summed E-state index contributed by atoms with van der Waals surface area (Å²) in [6.45, 7) is 7.48. The van der Waals surface area contributed by atoms with Crippen LogP contribution in [0.25, 0.3) is 11.1 Å². The predicted octanol–water partition coefficient (Wildman–Crippen LogP) is 4.35. The summed E-state index contributed by atoms with van der Waals surface area (Å²) >= 11 is 0. The molecule has 1 heterocycles. The van der Waals surface area contributed by atoms with Gasteiger partial charge in [0.1, 0.15) is 0 Å². The van der Waals surface area contributed by atoms with E-state index in [-0.39, 0.29) is 5.56 Å². The van der Waals surface area contributed by atoms with Gasteiger partial charge in [-0.05, 0) is 38.7 Å². The zero-order valence-corrected chi connectivity index (χ0v) is 14.6. The van der Waals surface area contributed by atoms with E-state index in [4.69, 9.17) is 9.31 Å². The van der Waals surface area contributed by atoms with E-state index in [1.165, 1.54) is 24.3 Å². The largest absolute Gasteiger partial charge is 0.494 e. The normalized spacial score (nSPS) is 18.4. The Morgan fingerprint density at radius 3 is 1.46 bits per heavy atom. The van der Waals surface area contributed by atoms with Gasteiger partial charge in [0.2, 0.25) is 5.82 Å². The molecule has 0 aliphatic carbocycles. The first kappa shape index (κ1) is 18.9. The molecule has 0 spiro atoms. The quantitative estimate of drug-likeness (QED) is 0.339. The van der Waals surface area contributed by atoms with Gasteiger partial charge in [-0.1, -0.05) is 24.3 Å². The highest BCUT2D eigenvalue weighted by molar-refractivity contribution is 6.62. The lowest BCUT2D eigenvalue weighted by atomic mass is 9.78. The SMILES string of the molecule is CC1(C)OB(c2ccc(-c3c(F)c(F)c(F)c(F)c3F)cc2)OC1(C)C. The molecule has 2 nitrogen and oxygen atoms in total. The molecule has 0 bridgehead atoms. The third kappa shape index (κ3) is 2.81. The second-order valence-electron chi connectivity index (χ2n) is 7.16. The van der Waals surface area contributed by atoms with Crippen LogP contribution in [-0.4, -0.2) is 18.3 Å². The van der Waals surface area contributed by atoms with Gasteiger partial charge in [-0.3, -0.25) is 0 Å². The summed E-state index contributed by atoms with van der Waals surface area (Å²) in [6, 6.07) is 5.46. The van der Waals surface area contributed by atoms with E-state index < -0.39 is 53.0 Å². The topological polar surface area (TPSA) is 18.5 Å². The number of hydrogen-bond acceptors (Lipinski definition) is 2. The van der Waals surface area contributed by atoms with Gasteiger partial charge in [-0.2, -0.15) is 0 Å². The Hall–Kier alpha value is -1.93. The minimum atomic E-state index is -2.18. The molecule has 0 amide bonds. The molecular weight excluding hydrogens is 354 g/mol. The molecule has 0 radical (unpaired) electrons. The highest BCUT2D eigenvalue weighted by atomic mass is 19.2. The summed E-state index contributed by atoms with van der Waals surface area (Å²) in [4.78, 5) is 0.